The minimum atomic E-state index is -0.509. The van der Waals surface area contributed by atoms with Crippen molar-refractivity contribution in [2.75, 3.05) is 0 Å². The van der Waals surface area contributed by atoms with Crippen LogP contribution in [0.5, 0.6) is 0 Å². The minimum absolute atomic E-state index is 0.0996. The van der Waals surface area contributed by atoms with Gasteiger partial charge in [0.1, 0.15) is 0 Å². The molecule has 4 heteroatoms. The second-order valence-corrected chi connectivity index (χ2v) is 4.36. The first kappa shape index (κ1) is 11.4. The van der Waals surface area contributed by atoms with E-state index >= 15 is 0 Å². The van der Waals surface area contributed by atoms with Crippen molar-refractivity contribution in [2.24, 2.45) is 0 Å². The molecular weight excluding hydrogens is 194 g/mol. The van der Waals surface area contributed by atoms with Crippen LogP contribution >= 0.6 is 0 Å². The van der Waals surface area contributed by atoms with Gasteiger partial charge in [0.15, 0.2) is 11.6 Å². The van der Waals surface area contributed by atoms with Gasteiger partial charge in [-0.2, -0.15) is 0 Å². The Labute approximate surface area is 88.0 Å². The van der Waals surface area contributed by atoms with Gasteiger partial charge in [0, 0.05) is 11.6 Å². The Morgan fingerprint density at radius 1 is 1.20 bits per heavy atom. The lowest BCUT2D eigenvalue weighted by atomic mass is 10.0. The molecule has 0 atom stereocenters. The Kier molecular flexibility index (Phi) is 2.88. The van der Waals surface area contributed by atoms with E-state index < -0.39 is 17.2 Å². The van der Waals surface area contributed by atoms with Gasteiger partial charge in [0.2, 0.25) is 0 Å². The predicted molar refractivity (Wildman–Crippen MR) is 55.1 cm³/mol. The molecule has 0 heterocycles. The van der Waals surface area contributed by atoms with Crippen LogP contribution in [0.2, 0.25) is 0 Å². The fraction of sp³-hybridized carbons (Fsp3) is 0.364. The number of hydrogen-bond donors (Lipinski definition) is 1. The molecule has 1 aliphatic carbocycles. The van der Waals surface area contributed by atoms with Crippen LogP contribution in [-0.4, -0.2) is 23.0 Å². The molecule has 1 aliphatic rings. The molecule has 0 aliphatic heterocycles. The van der Waals surface area contributed by atoms with Gasteiger partial charge in [0.25, 0.3) is 5.91 Å². The SMILES string of the molecule is CC(C)(C)NC(=O)C1=CC(=O)C=CC1=O. The third kappa shape index (κ3) is 3.16. The van der Waals surface area contributed by atoms with Crippen molar-refractivity contribution in [3.05, 3.63) is 23.8 Å². The fourth-order valence-corrected chi connectivity index (χ4v) is 1.09. The lowest BCUT2D eigenvalue weighted by Crippen LogP contribution is -2.42. The lowest BCUT2D eigenvalue weighted by Gasteiger charge is -2.21. The first-order chi connectivity index (χ1) is 6.79. The summed E-state index contributed by atoms with van der Waals surface area (Å²) in [4.78, 5) is 33.9. The first-order valence-electron chi connectivity index (χ1n) is 4.60. The molecule has 0 aromatic heterocycles. The third-order valence-electron chi connectivity index (χ3n) is 1.68. The van der Waals surface area contributed by atoms with E-state index in [-0.39, 0.29) is 11.4 Å². The first-order valence-corrected chi connectivity index (χ1v) is 4.60. The van der Waals surface area contributed by atoms with E-state index in [9.17, 15) is 14.4 Å². The molecule has 0 unspecified atom stereocenters. The van der Waals surface area contributed by atoms with Crippen LogP contribution in [-0.2, 0) is 14.4 Å². The third-order valence-corrected chi connectivity index (χ3v) is 1.68. The zero-order chi connectivity index (χ0) is 11.6. The summed E-state index contributed by atoms with van der Waals surface area (Å²) < 4.78 is 0. The van der Waals surface area contributed by atoms with Crippen LogP contribution in [0.4, 0.5) is 0 Å². The Morgan fingerprint density at radius 2 is 1.80 bits per heavy atom. The topological polar surface area (TPSA) is 63.2 Å². The molecular formula is C11H13NO3. The zero-order valence-electron chi connectivity index (χ0n) is 8.96. The van der Waals surface area contributed by atoms with Crippen molar-refractivity contribution in [2.45, 2.75) is 26.3 Å². The molecule has 80 valence electrons. The predicted octanol–water partition coefficient (Wildman–Crippen LogP) is 0.535. The summed E-state index contributed by atoms with van der Waals surface area (Å²) in [7, 11) is 0. The summed E-state index contributed by atoms with van der Waals surface area (Å²) in [6.07, 6.45) is 3.32. The molecule has 0 aromatic carbocycles. The van der Waals surface area contributed by atoms with Crippen molar-refractivity contribution in [1.29, 1.82) is 0 Å². The molecule has 0 fully saturated rings. The molecule has 0 bridgehead atoms. The highest BCUT2D eigenvalue weighted by molar-refractivity contribution is 6.30. The molecule has 0 spiro atoms. The van der Waals surface area contributed by atoms with Crippen LogP contribution < -0.4 is 5.32 Å². The Hall–Kier alpha value is -1.71. The number of nitrogens with one attached hydrogen (secondary N) is 1. The molecule has 0 saturated carbocycles. The maximum absolute atomic E-state index is 11.6. The highest BCUT2D eigenvalue weighted by atomic mass is 16.2. The standard InChI is InChI=1S/C11H13NO3/c1-11(2,3)12-10(15)8-6-7(13)4-5-9(8)14/h4-6H,1-3H3,(H,12,15). The normalized spacial score (nSPS) is 16.3. The average Bonchev–Trinajstić information content (AvgIpc) is 2.06. The average molecular weight is 207 g/mol. The van der Waals surface area contributed by atoms with Crippen molar-refractivity contribution >= 4 is 17.5 Å². The number of rotatable bonds is 1. The van der Waals surface area contributed by atoms with E-state index in [0.29, 0.717) is 0 Å². The summed E-state index contributed by atoms with van der Waals surface area (Å²) in [6.45, 7) is 5.41. The number of carbonyl (C=O) groups excluding carboxylic acids is 3. The molecule has 0 saturated heterocycles. The van der Waals surface area contributed by atoms with E-state index in [1.54, 1.807) is 20.8 Å². The van der Waals surface area contributed by atoms with E-state index in [0.717, 1.165) is 18.2 Å². The fourth-order valence-electron chi connectivity index (χ4n) is 1.09. The second-order valence-electron chi connectivity index (χ2n) is 4.36. The van der Waals surface area contributed by atoms with Crippen molar-refractivity contribution in [3.63, 3.8) is 0 Å². The van der Waals surface area contributed by atoms with Gasteiger partial charge >= 0.3 is 0 Å². The molecule has 4 nitrogen and oxygen atoms in total. The Morgan fingerprint density at radius 3 is 2.33 bits per heavy atom. The summed E-state index contributed by atoms with van der Waals surface area (Å²) in [6, 6.07) is 0. The summed E-state index contributed by atoms with van der Waals surface area (Å²) in [5.41, 5.74) is -0.528. The van der Waals surface area contributed by atoms with E-state index in [4.69, 9.17) is 0 Å². The van der Waals surface area contributed by atoms with Gasteiger partial charge in [0.05, 0.1) is 5.57 Å². The largest absolute Gasteiger partial charge is 0.347 e. The number of amides is 1. The molecule has 1 amide bonds. The van der Waals surface area contributed by atoms with Crippen LogP contribution in [0, 0.1) is 0 Å². The van der Waals surface area contributed by atoms with Gasteiger partial charge in [-0.05, 0) is 32.9 Å². The summed E-state index contributed by atoms with van der Waals surface area (Å²) >= 11 is 0. The number of hydrogen-bond acceptors (Lipinski definition) is 3. The van der Waals surface area contributed by atoms with Crippen LogP contribution in [0.1, 0.15) is 20.8 Å². The second kappa shape index (κ2) is 3.81. The van der Waals surface area contributed by atoms with Crippen molar-refractivity contribution in [3.8, 4) is 0 Å². The van der Waals surface area contributed by atoms with Gasteiger partial charge in [-0.3, -0.25) is 14.4 Å². The summed E-state index contributed by atoms with van der Waals surface area (Å²) in [5, 5.41) is 2.63. The minimum Gasteiger partial charge on any atom is -0.347 e. The zero-order valence-corrected chi connectivity index (χ0v) is 8.96. The van der Waals surface area contributed by atoms with Gasteiger partial charge < -0.3 is 5.32 Å². The molecule has 0 aromatic rings. The Bertz CT molecular complexity index is 383. The van der Waals surface area contributed by atoms with Crippen LogP contribution in [0.15, 0.2) is 23.8 Å². The highest BCUT2D eigenvalue weighted by Gasteiger charge is 2.23. The van der Waals surface area contributed by atoms with Crippen LogP contribution in [0.3, 0.4) is 0 Å². The van der Waals surface area contributed by atoms with Gasteiger partial charge in [-0.1, -0.05) is 0 Å². The molecule has 1 N–H and O–H groups in total. The van der Waals surface area contributed by atoms with E-state index in [2.05, 4.69) is 5.32 Å². The van der Waals surface area contributed by atoms with Gasteiger partial charge in [-0.25, -0.2) is 0 Å². The van der Waals surface area contributed by atoms with Crippen LogP contribution in [0.25, 0.3) is 0 Å². The molecule has 0 radical (unpaired) electrons. The van der Waals surface area contributed by atoms with E-state index in [1.807, 2.05) is 0 Å². The lowest BCUT2D eigenvalue weighted by molar-refractivity contribution is -0.123. The maximum Gasteiger partial charge on any atom is 0.255 e. The van der Waals surface area contributed by atoms with E-state index in [1.165, 1.54) is 0 Å². The van der Waals surface area contributed by atoms with Crippen molar-refractivity contribution < 1.29 is 14.4 Å². The number of ketones is 2. The number of carbonyl (C=O) groups is 3. The molecule has 15 heavy (non-hydrogen) atoms. The Balaban J connectivity index is 2.85. The van der Waals surface area contributed by atoms with Crippen molar-refractivity contribution in [1.82, 2.24) is 5.32 Å². The molecule has 1 rings (SSSR count). The highest BCUT2D eigenvalue weighted by Crippen LogP contribution is 2.08. The monoisotopic (exact) mass is 207 g/mol. The maximum atomic E-state index is 11.6. The quantitative estimate of drug-likeness (QED) is 0.504. The number of allylic oxidation sites excluding steroid dienone is 3. The smallest absolute Gasteiger partial charge is 0.255 e. The summed E-state index contributed by atoms with van der Waals surface area (Å²) in [5.74, 6) is -1.28. The van der Waals surface area contributed by atoms with Gasteiger partial charge in [-0.15, -0.1) is 0 Å².